The first kappa shape index (κ1) is 16.5. The number of alkyl halides is 3. The topological polar surface area (TPSA) is 91.0 Å². The Morgan fingerprint density at radius 2 is 1.91 bits per heavy atom. The molecule has 0 radical (unpaired) electrons. The van der Waals surface area contributed by atoms with E-state index in [1.54, 1.807) is 0 Å². The van der Waals surface area contributed by atoms with E-state index < -0.39 is 29.4 Å². The third kappa shape index (κ3) is 3.17. The maximum Gasteiger partial charge on any atom is 0.433 e. The van der Waals surface area contributed by atoms with Gasteiger partial charge in [-0.1, -0.05) is 0 Å². The number of nitrogens with one attached hydrogen (secondary N) is 1. The van der Waals surface area contributed by atoms with Crippen LogP contribution in [0.1, 0.15) is 26.7 Å². The molecule has 0 spiro atoms. The van der Waals surface area contributed by atoms with Crippen molar-refractivity contribution in [2.75, 3.05) is 12.4 Å². The van der Waals surface area contributed by atoms with E-state index in [-0.39, 0.29) is 11.4 Å². The molecule has 1 amide bonds. The van der Waals surface area contributed by atoms with Gasteiger partial charge >= 0.3 is 12.1 Å². The minimum absolute atomic E-state index is 0.00330. The van der Waals surface area contributed by atoms with E-state index >= 15 is 0 Å². The first-order valence-corrected chi connectivity index (χ1v) is 6.18. The number of hydrogen-bond donors (Lipinski definition) is 1. The molecule has 0 fully saturated rings. The zero-order chi connectivity index (χ0) is 17.4. The van der Waals surface area contributed by atoms with E-state index in [0.717, 1.165) is 14.2 Å². The number of methoxy groups -OCH3 is 1. The maximum atomic E-state index is 12.7. The average Bonchev–Trinajstić information content (AvgIpc) is 3.01. The van der Waals surface area contributed by atoms with Crippen LogP contribution in [0.15, 0.2) is 12.3 Å². The first-order valence-electron chi connectivity index (χ1n) is 6.18. The number of esters is 1. The van der Waals surface area contributed by atoms with Crippen LogP contribution in [0.3, 0.4) is 0 Å². The lowest BCUT2D eigenvalue weighted by Gasteiger charge is -2.04. The van der Waals surface area contributed by atoms with Crippen molar-refractivity contribution in [3.63, 3.8) is 0 Å². The van der Waals surface area contributed by atoms with Crippen LogP contribution in [0, 0.1) is 0 Å². The summed E-state index contributed by atoms with van der Waals surface area (Å²) in [5.41, 5.74) is -1.56. The molecule has 0 saturated heterocycles. The van der Waals surface area contributed by atoms with Crippen LogP contribution in [0.4, 0.5) is 18.9 Å². The van der Waals surface area contributed by atoms with Crippen LogP contribution in [-0.4, -0.2) is 38.5 Å². The number of rotatable bonds is 3. The molecule has 0 unspecified atom stereocenters. The third-order valence-corrected chi connectivity index (χ3v) is 2.97. The number of ether oxygens (including phenoxy) is 1. The molecule has 0 aliphatic rings. The van der Waals surface area contributed by atoms with Crippen molar-refractivity contribution in [2.24, 2.45) is 14.1 Å². The number of aryl methyl sites for hydroxylation is 2. The molecule has 2 heterocycles. The Morgan fingerprint density at radius 1 is 1.26 bits per heavy atom. The highest BCUT2D eigenvalue weighted by Gasteiger charge is 2.35. The molecule has 0 saturated carbocycles. The van der Waals surface area contributed by atoms with Crippen LogP contribution in [0.25, 0.3) is 0 Å². The van der Waals surface area contributed by atoms with Crippen LogP contribution < -0.4 is 5.32 Å². The Morgan fingerprint density at radius 3 is 2.43 bits per heavy atom. The van der Waals surface area contributed by atoms with Gasteiger partial charge in [0.2, 0.25) is 0 Å². The van der Waals surface area contributed by atoms with Gasteiger partial charge in [-0.15, -0.1) is 0 Å². The molecule has 2 aromatic heterocycles. The molecule has 0 aliphatic carbocycles. The molecule has 0 aliphatic heterocycles. The molecule has 23 heavy (non-hydrogen) atoms. The van der Waals surface area contributed by atoms with Gasteiger partial charge in [0.05, 0.1) is 19.0 Å². The predicted octanol–water partition coefficient (Wildman–Crippen LogP) is 1.21. The second kappa shape index (κ2) is 5.74. The fraction of sp³-hybridized carbons (Fsp3) is 0.333. The SMILES string of the molecule is COC(=O)c1c(NC(=O)c2cc(C(F)(F)F)n(C)n2)cnn1C. The number of amides is 1. The highest BCUT2D eigenvalue weighted by molar-refractivity contribution is 6.06. The summed E-state index contributed by atoms with van der Waals surface area (Å²) in [5.74, 6) is -1.66. The molecular weight excluding hydrogens is 319 g/mol. The Hall–Kier alpha value is -2.85. The lowest BCUT2D eigenvalue weighted by atomic mass is 10.3. The first-order chi connectivity index (χ1) is 10.6. The molecule has 11 heteroatoms. The number of halogens is 3. The molecule has 1 N–H and O–H groups in total. The molecule has 2 aromatic rings. The van der Waals surface area contributed by atoms with Crippen molar-refractivity contribution in [1.82, 2.24) is 19.6 Å². The van der Waals surface area contributed by atoms with Gasteiger partial charge < -0.3 is 10.1 Å². The van der Waals surface area contributed by atoms with E-state index in [1.165, 1.54) is 17.9 Å². The van der Waals surface area contributed by atoms with Crippen LogP contribution in [-0.2, 0) is 25.0 Å². The molecular formula is C12H12F3N5O3. The highest BCUT2D eigenvalue weighted by atomic mass is 19.4. The quantitative estimate of drug-likeness (QED) is 0.854. The predicted molar refractivity (Wildman–Crippen MR) is 70.7 cm³/mol. The lowest BCUT2D eigenvalue weighted by molar-refractivity contribution is -0.143. The summed E-state index contributed by atoms with van der Waals surface area (Å²) in [6.07, 6.45) is -3.45. The lowest BCUT2D eigenvalue weighted by Crippen LogP contribution is -2.17. The molecule has 124 valence electrons. The minimum atomic E-state index is -4.63. The summed E-state index contributed by atoms with van der Waals surface area (Å²) < 4.78 is 44.4. The van der Waals surface area contributed by atoms with Gasteiger partial charge in [-0.05, 0) is 0 Å². The Kier molecular flexibility index (Phi) is 4.12. The number of carbonyl (C=O) groups excluding carboxylic acids is 2. The van der Waals surface area contributed by atoms with Gasteiger partial charge in [0, 0.05) is 20.2 Å². The van der Waals surface area contributed by atoms with Gasteiger partial charge in [0.15, 0.2) is 11.4 Å². The van der Waals surface area contributed by atoms with E-state index in [9.17, 15) is 22.8 Å². The van der Waals surface area contributed by atoms with E-state index in [0.29, 0.717) is 10.7 Å². The zero-order valence-corrected chi connectivity index (χ0v) is 12.3. The normalized spacial score (nSPS) is 11.4. The summed E-state index contributed by atoms with van der Waals surface area (Å²) in [4.78, 5) is 23.7. The van der Waals surface area contributed by atoms with Crippen molar-refractivity contribution in [3.8, 4) is 0 Å². The fourth-order valence-corrected chi connectivity index (χ4v) is 1.90. The van der Waals surface area contributed by atoms with Gasteiger partial charge in [0.25, 0.3) is 5.91 Å². The third-order valence-electron chi connectivity index (χ3n) is 2.97. The van der Waals surface area contributed by atoms with Crippen LogP contribution in [0.2, 0.25) is 0 Å². The second-order valence-corrected chi connectivity index (χ2v) is 4.51. The standard InChI is InChI=1S/C12H12F3N5O3/c1-19-8(12(13,14)15)4-6(18-19)10(21)17-7-5-16-20(2)9(7)11(22)23-3/h4-5H,1-3H3,(H,17,21). The van der Waals surface area contributed by atoms with E-state index in [4.69, 9.17) is 0 Å². The van der Waals surface area contributed by atoms with Crippen LogP contribution in [0.5, 0.6) is 0 Å². The zero-order valence-electron chi connectivity index (χ0n) is 12.3. The van der Waals surface area contributed by atoms with Crippen molar-refractivity contribution in [1.29, 1.82) is 0 Å². The van der Waals surface area contributed by atoms with Crippen molar-refractivity contribution < 1.29 is 27.5 Å². The van der Waals surface area contributed by atoms with Gasteiger partial charge in [-0.2, -0.15) is 23.4 Å². The smallest absolute Gasteiger partial charge is 0.433 e. The Labute approximate surface area is 127 Å². The van der Waals surface area contributed by atoms with Gasteiger partial charge in [0.1, 0.15) is 5.69 Å². The molecule has 2 rings (SSSR count). The average molecular weight is 331 g/mol. The highest BCUT2D eigenvalue weighted by Crippen LogP contribution is 2.29. The monoisotopic (exact) mass is 331 g/mol. The number of nitrogens with zero attached hydrogens (tertiary/aromatic N) is 4. The summed E-state index contributed by atoms with van der Waals surface area (Å²) in [5, 5.41) is 9.59. The molecule has 0 atom stereocenters. The number of carbonyl (C=O) groups is 2. The number of anilines is 1. The summed E-state index contributed by atoms with van der Waals surface area (Å²) in [6, 6.07) is 0.615. The summed E-state index contributed by atoms with van der Waals surface area (Å²) >= 11 is 0. The van der Waals surface area contributed by atoms with Gasteiger partial charge in [-0.3, -0.25) is 14.2 Å². The summed E-state index contributed by atoms with van der Waals surface area (Å²) in [6.45, 7) is 0. The van der Waals surface area contributed by atoms with Crippen LogP contribution >= 0.6 is 0 Å². The van der Waals surface area contributed by atoms with Crippen molar-refractivity contribution in [3.05, 3.63) is 29.3 Å². The minimum Gasteiger partial charge on any atom is -0.464 e. The van der Waals surface area contributed by atoms with Gasteiger partial charge in [-0.25, -0.2) is 4.79 Å². The summed E-state index contributed by atoms with van der Waals surface area (Å²) in [7, 11) is 3.67. The van der Waals surface area contributed by atoms with Crippen molar-refractivity contribution >= 4 is 17.6 Å². The largest absolute Gasteiger partial charge is 0.464 e. The molecule has 0 bridgehead atoms. The fourth-order valence-electron chi connectivity index (χ4n) is 1.90. The molecule has 0 aromatic carbocycles. The number of hydrogen-bond acceptors (Lipinski definition) is 5. The Bertz CT molecular complexity index is 763. The second-order valence-electron chi connectivity index (χ2n) is 4.51. The number of aromatic nitrogens is 4. The van der Waals surface area contributed by atoms with Crippen molar-refractivity contribution in [2.45, 2.75) is 6.18 Å². The van der Waals surface area contributed by atoms with E-state index in [2.05, 4.69) is 20.3 Å². The molecule has 8 nitrogen and oxygen atoms in total. The Balaban J connectivity index is 2.29. The maximum absolute atomic E-state index is 12.7. The van der Waals surface area contributed by atoms with E-state index in [1.807, 2.05) is 0 Å².